The summed E-state index contributed by atoms with van der Waals surface area (Å²) in [5.41, 5.74) is 0. The summed E-state index contributed by atoms with van der Waals surface area (Å²) in [6.45, 7) is 1.80. The van der Waals surface area contributed by atoms with Gasteiger partial charge in [-0.25, -0.2) is 0 Å². The first kappa shape index (κ1) is 6.99. The molecule has 1 rings (SSSR count). The minimum atomic E-state index is -1.01. The van der Waals surface area contributed by atoms with E-state index in [2.05, 4.69) is 0 Å². The predicted molar refractivity (Wildman–Crippen MR) is 29.6 cm³/mol. The molecule has 3 nitrogen and oxygen atoms in total. The molecule has 0 aromatic carbocycles. The zero-order valence-corrected chi connectivity index (χ0v) is 5.41. The molecule has 0 radical (unpaired) electrons. The van der Waals surface area contributed by atoms with E-state index < -0.39 is 12.4 Å². The first-order chi connectivity index (χ1) is 4.18. The van der Waals surface area contributed by atoms with Crippen LogP contribution in [0.1, 0.15) is 19.8 Å². The maximum absolute atomic E-state index is 10.6. The van der Waals surface area contributed by atoms with Crippen LogP contribution in [0.5, 0.6) is 0 Å². The lowest BCUT2D eigenvalue weighted by atomic mass is 10.1. The van der Waals surface area contributed by atoms with Gasteiger partial charge in [0.25, 0.3) is 0 Å². The van der Waals surface area contributed by atoms with Gasteiger partial charge in [0, 0.05) is 0 Å². The van der Waals surface area contributed by atoms with Crippen LogP contribution >= 0.6 is 0 Å². The maximum Gasteiger partial charge on any atom is 0.0576 e. The zero-order valence-electron chi connectivity index (χ0n) is 5.41. The monoisotopic (exact) mass is 131 g/mol. The molecular weight excluding hydrogens is 120 g/mol. The van der Waals surface area contributed by atoms with Gasteiger partial charge in [-0.3, -0.25) is 0 Å². The molecule has 1 aliphatic rings. The summed E-state index contributed by atoms with van der Waals surface area (Å²) in [5.74, 6) is 0. The number of hydrogen-bond donors (Lipinski definition) is 1. The van der Waals surface area contributed by atoms with Gasteiger partial charge in [-0.2, -0.15) is 0 Å². The quantitative estimate of drug-likeness (QED) is 0.470. The lowest BCUT2D eigenvalue weighted by Gasteiger charge is -2.35. The highest BCUT2D eigenvalue weighted by molar-refractivity contribution is 4.67. The summed E-state index contributed by atoms with van der Waals surface area (Å²) in [6.07, 6.45) is -0.695. The molecule has 3 heteroatoms. The smallest absolute Gasteiger partial charge is 0.0576 e. The highest BCUT2D eigenvalue weighted by Gasteiger charge is 2.18. The molecule has 0 aromatic rings. The van der Waals surface area contributed by atoms with Crippen LogP contribution in [0.15, 0.2) is 0 Å². The summed E-state index contributed by atoms with van der Waals surface area (Å²) in [7, 11) is 0. The van der Waals surface area contributed by atoms with Crippen molar-refractivity contribution in [2.75, 3.05) is 0 Å². The van der Waals surface area contributed by atoms with Gasteiger partial charge in [-0.15, -0.1) is 0 Å². The van der Waals surface area contributed by atoms with Gasteiger partial charge in [-0.05, 0) is 26.1 Å². The van der Waals surface area contributed by atoms with Crippen molar-refractivity contribution in [1.29, 1.82) is 0 Å². The van der Waals surface area contributed by atoms with E-state index >= 15 is 0 Å². The van der Waals surface area contributed by atoms with Crippen LogP contribution in [0, 0.1) is 0 Å². The van der Waals surface area contributed by atoms with E-state index in [0.29, 0.717) is 6.42 Å². The van der Waals surface area contributed by atoms with Crippen LogP contribution in [0.3, 0.4) is 0 Å². The van der Waals surface area contributed by atoms with Gasteiger partial charge in [-0.1, -0.05) is 0 Å². The van der Waals surface area contributed by atoms with Gasteiger partial charge in [0.2, 0.25) is 0 Å². The second-order valence-corrected chi connectivity index (χ2v) is 2.50. The largest absolute Gasteiger partial charge is 0.831 e. The molecule has 0 saturated carbocycles. The van der Waals surface area contributed by atoms with E-state index in [4.69, 9.17) is 9.84 Å². The fourth-order valence-electron chi connectivity index (χ4n) is 1.07. The topological polar surface area (TPSA) is 52.5 Å². The lowest BCUT2D eigenvalue weighted by molar-refractivity contribution is -0.507. The SMILES string of the molecule is C[C@H]1C[C@@H](O)C[C@@H]([O-])O1. The fourth-order valence-corrected chi connectivity index (χ4v) is 1.07. The highest BCUT2D eigenvalue weighted by Crippen LogP contribution is 2.15. The Morgan fingerprint density at radius 1 is 1.56 bits per heavy atom. The van der Waals surface area contributed by atoms with Crippen molar-refractivity contribution in [3.8, 4) is 0 Å². The fraction of sp³-hybridized carbons (Fsp3) is 1.00. The third-order valence-corrected chi connectivity index (χ3v) is 1.45. The van der Waals surface area contributed by atoms with Crippen LogP contribution in [0.2, 0.25) is 0 Å². The summed E-state index contributed by atoms with van der Waals surface area (Å²) in [4.78, 5) is 0. The molecular formula is C6H11O3-. The summed E-state index contributed by atoms with van der Waals surface area (Å²) in [5, 5.41) is 19.6. The Morgan fingerprint density at radius 2 is 2.22 bits per heavy atom. The summed E-state index contributed by atoms with van der Waals surface area (Å²) >= 11 is 0. The predicted octanol–water partition coefficient (Wildman–Crippen LogP) is -0.767. The first-order valence-corrected chi connectivity index (χ1v) is 3.18. The molecule has 0 bridgehead atoms. The minimum Gasteiger partial charge on any atom is -0.831 e. The van der Waals surface area contributed by atoms with Crippen molar-refractivity contribution in [3.05, 3.63) is 0 Å². The van der Waals surface area contributed by atoms with Crippen molar-refractivity contribution < 1.29 is 14.9 Å². The Bertz CT molecular complexity index is 69.3. The Balaban J connectivity index is 2.34. The third-order valence-electron chi connectivity index (χ3n) is 1.45. The Hall–Kier alpha value is -0.120. The van der Waals surface area contributed by atoms with Crippen LogP contribution in [0.4, 0.5) is 0 Å². The number of ether oxygens (including phenoxy) is 1. The molecule has 9 heavy (non-hydrogen) atoms. The van der Waals surface area contributed by atoms with Gasteiger partial charge >= 0.3 is 0 Å². The first-order valence-electron chi connectivity index (χ1n) is 3.18. The van der Waals surface area contributed by atoms with E-state index in [-0.39, 0.29) is 12.5 Å². The van der Waals surface area contributed by atoms with Crippen LogP contribution in [0.25, 0.3) is 0 Å². The second kappa shape index (κ2) is 2.64. The maximum atomic E-state index is 10.6. The van der Waals surface area contributed by atoms with Crippen molar-refractivity contribution in [2.45, 2.75) is 38.3 Å². The molecule has 1 N–H and O–H groups in total. The van der Waals surface area contributed by atoms with Crippen molar-refractivity contribution in [3.63, 3.8) is 0 Å². The number of hydrogen-bond acceptors (Lipinski definition) is 3. The van der Waals surface area contributed by atoms with Crippen LogP contribution in [-0.2, 0) is 4.74 Å². The standard InChI is InChI=1S/C6H11O3/c1-4-2-5(7)3-6(8)9-4/h4-7H,2-3H2,1H3/q-1/t4-,5+,6-/m0/s1. The molecule has 3 atom stereocenters. The zero-order chi connectivity index (χ0) is 6.85. The van der Waals surface area contributed by atoms with Crippen LogP contribution in [-0.4, -0.2) is 23.6 Å². The Labute approximate surface area is 54.3 Å². The van der Waals surface area contributed by atoms with E-state index in [9.17, 15) is 5.11 Å². The normalized spacial score (nSPS) is 45.0. The molecule has 1 fully saturated rings. The Kier molecular flexibility index (Phi) is 2.05. The number of rotatable bonds is 0. The number of aliphatic hydroxyl groups is 1. The van der Waals surface area contributed by atoms with Gasteiger partial charge in [0.15, 0.2) is 0 Å². The second-order valence-electron chi connectivity index (χ2n) is 2.50. The Morgan fingerprint density at radius 3 is 2.67 bits per heavy atom. The number of aliphatic hydroxyl groups excluding tert-OH is 1. The molecule has 0 unspecified atom stereocenters. The summed E-state index contributed by atoms with van der Waals surface area (Å²) < 4.78 is 4.84. The van der Waals surface area contributed by atoms with Gasteiger partial charge < -0.3 is 14.9 Å². The van der Waals surface area contributed by atoms with E-state index in [1.54, 1.807) is 6.92 Å². The third kappa shape index (κ3) is 1.93. The van der Waals surface area contributed by atoms with Crippen molar-refractivity contribution in [1.82, 2.24) is 0 Å². The van der Waals surface area contributed by atoms with Crippen molar-refractivity contribution in [2.24, 2.45) is 0 Å². The molecule has 0 spiro atoms. The molecule has 0 aliphatic carbocycles. The summed E-state index contributed by atoms with van der Waals surface area (Å²) in [6, 6.07) is 0. The highest BCUT2D eigenvalue weighted by atomic mass is 16.6. The molecule has 1 saturated heterocycles. The van der Waals surface area contributed by atoms with E-state index in [1.165, 1.54) is 0 Å². The van der Waals surface area contributed by atoms with E-state index in [1.807, 2.05) is 0 Å². The van der Waals surface area contributed by atoms with E-state index in [0.717, 1.165) is 0 Å². The molecule has 54 valence electrons. The lowest BCUT2D eigenvalue weighted by Crippen LogP contribution is -2.41. The van der Waals surface area contributed by atoms with Gasteiger partial charge in [0.1, 0.15) is 0 Å². The van der Waals surface area contributed by atoms with Gasteiger partial charge in [0.05, 0.1) is 12.2 Å². The molecule has 0 aromatic heterocycles. The average molecular weight is 131 g/mol. The molecule has 1 aliphatic heterocycles. The van der Waals surface area contributed by atoms with Crippen molar-refractivity contribution >= 4 is 0 Å². The average Bonchev–Trinajstić information content (AvgIpc) is 1.59. The molecule has 1 heterocycles. The minimum absolute atomic E-state index is 0.0729. The molecule has 0 amide bonds. The van der Waals surface area contributed by atoms with Crippen LogP contribution < -0.4 is 5.11 Å².